The van der Waals surface area contributed by atoms with Gasteiger partial charge in [-0.2, -0.15) is 11.8 Å². The number of urea groups is 1. The lowest BCUT2D eigenvalue weighted by atomic mass is 10.1. The van der Waals surface area contributed by atoms with E-state index in [1.54, 1.807) is 11.8 Å². The SMILES string of the molecule is O=C(O)C1CSCCN1C(=O)NC1CCNCC1. The first kappa shape index (κ1) is 13.5. The van der Waals surface area contributed by atoms with Gasteiger partial charge in [-0.05, 0) is 25.9 Å². The highest BCUT2D eigenvalue weighted by atomic mass is 32.2. The van der Waals surface area contributed by atoms with Crippen molar-refractivity contribution in [3.63, 3.8) is 0 Å². The number of piperidine rings is 1. The first-order valence-electron chi connectivity index (χ1n) is 6.27. The van der Waals surface area contributed by atoms with Gasteiger partial charge >= 0.3 is 12.0 Å². The summed E-state index contributed by atoms with van der Waals surface area (Å²) in [5.41, 5.74) is 0. The fourth-order valence-corrected chi connectivity index (χ4v) is 3.31. The number of carbonyl (C=O) groups is 2. The summed E-state index contributed by atoms with van der Waals surface area (Å²) in [6, 6.07) is -0.747. The van der Waals surface area contributed by atoms with Crippen LogP contribution >= 0.6 is 11.8 Å². The van der Waals surface area contributed by atoms with Gasteiger partial charge in [0.05, 0.1) is 0 Å². The second-order valence-electron chi connectivity index (χ2n) is 4.60. The lowest BCUT2D eigenvalue weighted by molar-refractivity contribution is -0.141. The molecule has 3 N–H and O–H groups in total. The molecule has 1 atom stereocenters. The van der Waals surface area contributed by atoms with Crippen LogP contribution in [0.2, 0.25) is 0 Å². The summed E-state index contributed by atoms with van der Waals surface area (Å²) in [6.45, 7) is 2.32. The van der Waals surface area contributed by atoms with Gasteiger partial charge in [-0.3, -0.25) is 0 Å². The predicted octanol–water partition coefficient (Wildman–Crippen LogP) is -0.0500. The molecular formula is C11H19N3O3S. The van der Waals surface area contributed by atoms with Crippen molar-refractivity contribution in [2.45, 2.75) is 24.9 Å². The topological polar surface area (TPSA) is 81.7 Å². The Bertz CT molecular complexity index is 321. The first-order chi connectivity index (χ1) is 8.68. The fourth-order valence-electron chi connectivity index (χ4n) is 2.28. The van der Waals surface area contributed by atoms with Crippen molar-refractivity contribution in [1.29, 1.82) is 0 Å². The van der Waals surface area contributed by atoms with Crippen LogP contribution in [0.15, 0.2) is 0 Å². The smallest absolute Gasteiger partial charge is 0.327 e. The maximum atomic E-state index is 12.1. The quantitative estimate of drug-likeness (QED) is 0.657. The van der Waals surface area contributed by atoms with E-state index in [-0.39, 0.29) is 12.1 Å². The molecule has 2 fully saturated rings. The summed E-state index contributed by atoms with van der Waals surface area (Å²) in [4.78, 5) is 24.7. The number of carboxylic acids is 1. The second-order valence-corrected chi connectivity index (χ2v) is 5.75. The number of carbonyl (C=O) groups excluding carboxylic acids is 1. The number of amides is 2. The summed E-state index contributed by atoms with van der Waals surface area (Å²) in [5.74, 6) is 0.376. The molecule has 102 valence electrons. The number of hydrogen-bond donors (Lipinski definition) is 3. The molecule has 0 saturated carbocycles. The third-order valence-corrected chi connectivity index (χ3v) is 4.36. The van der Waals surface area contributed by atoms with Crippen LogP contribution in [0.25, 0.3) is 0 Å². The van der Waals surface area contributed by atoms with Crippen LogP contribution in [-0.4, -0.2) is 65.2 Å². The van der Waals surface area contributed by atoms with Gasteiger partial charge in [-0.25, -0.2) is 9.59 Å². The Morgan fingerprint density at radius 2 is 2.06 bits per heavy atom. The minimum atomic E-state index is -0.914. The molecule has 2 saturated heterocycles. The number of thioether (sulfide) groups is 1. The van der Waals surface area contributed by atoms with E-state index in [4.69, 9.17) is 5.11 Å². The Balaban J connectivity index is 1.91. The molecule has 2 aliphatic rings. The average Bonchev–Trinajstić information content (AvgIpc) is 2.40. The molecule has 2 heterocycles. The lowest BCUT2D eigenvalue weighted by Crippen LogP contribution is -2.56. The summed E-state index contributed by atoms with van der Waals surface area (Å²) in [6.07, 6.45) is 1.82. The first-order valence-corrected chi connectivity index (χ1v) is 7.42. The van der Waals surface area contributed by atoms with Crippen LogP contribution in [0.1, 0.15) is 12.8 Å². The highest BCUT2D eigenvalue weighted by Gasteiger charge is 2.33. The van der Waals surface area contributed by atoms with E-state index in [1.807, 2.05) is 0 Å². The predicted molar refractivity (Wildman–Crippen MR) is 69.9 cm³/mol. The van der Waals surface area contributed by atoms with Gasteiger partial charge < -0.3 is 20.6 Å². The summed E-state index contributed by atoms with van der Waals surface area (Å²) < 4.78 is 0. The molecule has 0 spiro atoms. The number of nitrogens with one attached hydrogen (secondary N) is 2. The van der Waals surface area contributed by atoms with Gasteiger partial charge in [0.1, 0.15) is 6.04 Å². The minimum absolute atomic E-state index is 0.169. The summed E-state index contributed by atoms with van der Waals surface area (Å²) in [5, 5.41) is 15.3. The third-order valence-electron chi connectivity index (χ3n) is 3.34. The number of aliphatic carboxylic acids is 1. The molecule has 0 bridgehead atoms. The molecule has 0 radical (unpaired) electrons. The zero-order chi connectivity index (χ0) is 13.0. The highest BCUT2D eigenvalue weighted by molar-refractivity contribution is 7.99. The fraction of sp³-hybridized carbons (Fsp3) is 0.818. The van der Waals surface area contributed by atoms with Crippen LogP contribution in [0.4, 0.5) is 4.79 Å². The van der Waals surface area contributed by atoms with Gasteiger partial charge in [0, 0.05) is 24.1 Å². The highest BCUT2D eigenvalue weighted by Crippen LogP contribution is 2.17. The van der Waals surface area contributed by atoms with E-state index in [1.165, 1.54) is 4.90 Å². The van der Waals surface area contributed by atoms with Crippen LogP contribution in [0.3, 0.4) is 0 Å². The van der Waals surface area contributed by atoms with Gasteiger partial charge in [0.2, 0.25) is 0 Å². The standard InChI is InChI=1S/C11H19N3O3S/c15-10(16)9-7-18-6-5-14(9)11(17)13-8-1-3-12-4-2-8/h8-9,12H,1-7H2,(H,13,17)(H,15,16). The van der Waals surface area contributed by atoms with E-state index < -0.39 is 12.0 Å². The van der Waals surface area contributed by atoms with Gasteiger partial charge in [-0.15, -0.1) is 0 Å². The molecule has 6 nitrogen and oxygen atoms in total. The van der Waals surface area contributed by atoms with Crippen LogP contribution in [0.5, 0.6) is 0 Å². The van der Waals surface area contributed by atoms with Crippen molar-refractivity contribution >= 4 is 23.8 Å². The van der Waals surface area contributed by atoms with E-state index in [2.05, 4.69) is 10.6 Å². The van der Waals surface area contributed by atoms with Gasteiger partial charge in [0.15, 0.2) is 0 Å². The Labute approximate surface area is 110 Å². The number of carboxylic acid groups (broad SMARTS) is 1. The molecule has 18 heavy (non-hydrogen) atoms. The minimum Gasteiger partial charge on any atom is -0.480 e. The Morgan fingerprint density at radius 1 is 1.33 bits per heavy atom. The zero-order valence-corrected chi connectivity index (χ0v) is 11.0. The molecule has 1 unspecified atom stereocenters. The molecular weight excluding hydrogens is 254 g/mol. The third kappa shape index (κ3) is 3.29. The molecule has 2 aliphatic heterocycles. The summed E-state index contributed by atoms with van der Waals surface area (Å²) >= 11 is 1.59. The Hall–Kier alpha value is -0.950. The van der Waals surface area contributed by atoms with Crippen molar-refractivity contribution in [2.75, 3.05) is 31.1 Å². The molecule has 0 aromatic carbocycles. The number of rotatable bonds is 2. The molecule has 7 heteroatoms. The molecule has 2 amide bonds. The largest absolute Gasteiger partial charge is 0.480 e. The van der Waals surface area contributed by atoms with Crippen LogP contribution in [0, 0.1) is 0 Å². The monoisotopic (exact) mass is 273 g/mol. The van der Waals surface area contributed by atoms with E-state index >= 15 is 0 Å². The normalized spacial score (nSPS) is 25.8. The van der Waals surface area contributed by atoms with Crippen molar-refractivity contribution in [3.05, 3.63) is 0 Å². The van der Waals surface area contributed by atoms with Crippen molar-refractivity contribution < 1.29 is 14.7 Å². The Morgan fingerprint density at radius 3 is 2.72 bits per heavy atom. The maximum absolute atomic E-state index is 12.1. The molecule has 0 aromatic heterocycles. The average molecular weight is 273 g/mol. The molecule has 0 aromatic rings. The van der Waals surface area contributed by atoms with E-state index in [9.17, 15) is 9.59 Å². The number of nitrogens with zero attached hydrogens (tertiary/aromatic N) is 1. The molecule has 2 rings (SSSR count). The molecule has 0 aliphatic carbocycles. The van der Waals surface area contributed by atoms with Crippen LogP contribution in [-0.2, 0) is 4.79 Å². The van der Waals surface area contributed by atoms with Gasteiger partial charge in [-0.1, -0.05) is 0 Å². The van der Waals surface area contributed by atoms with Gasteiger partial charge in [0.25, 0.3) is 0 Å². The zero-order valence-electron chi connectivity index (χ0n) is 10.2. The Kier molecular flexibility index (Phi) is 4.71. The second kappa shape index (κ2) is 6.29. The van der Waals surface area contributed by atoms with E-state index in [0.717, 1.165) is 31.7 Å². The van der Waals surface area contributed by atoms with Crippen molar-refractivity contribution in [3.8, 4) is 0 Å². The summed E-state index contributed by atoms with van der Waals surface area (Å²) in [7, 11) is 0. The van der Waals surface area contributed by atoms with Crippen molar-refractivity contribution in [2.24, 2.45) is 0 Å². The lowest BCUT2D eigenvalue weighted by Gasteiger charge is -2.34. The van der Waals surface area contributed by atoms with E-state index in [0.29, 0.717) is 12.3 Å². The van der Waals surface area contributed by atoms with Crippen LogP contribution < -0.4 is 10.6 Å². The van der Waals surface area contributed by atoms with Crippen molar-refractivity contribution in [1.82, 2.24) is 15.5 Å². The number of hydrogen-bond acceptors (Lipinski definition) is 4. The maximum Gasteiger partial charge on any atom is 0.327 e.